The topological polar surface area (TPSA) is 38.8 Å². The standard InChI is InChI=1S/C25H39NO3Si/c1-25(2,3)30(6,7)29-16-8-9-18-10-12-19(13-11-18)21-17-20-14-15-22(26(20)4)23(21)24(27)28-5/h10-13,20,22H,8-9,14-17H2,1-7H3/t20-,22?/m0/s1. The highest BCUT2D eigenvalue weighted by Gasteiger charge is 2.42. The summed E-state index contributed by atoms with van der Waals surface area (Å²) in [7, 11) is 1.96. The van der Waals surface area contributed by atoms with Crippen molar-refractivity contribution in [3.8, 4) is 0 Å². The number of benzene rings is 1. The number of carbonyl (C=O) groups is 1. The number of methoxy groups -OCH3 is 1. The quantitative estimate of drug-likeness (QED) is 0.329. The van der Waals surface area contributed by atoms with Crippen LogP contribution in [0.5, 0.6) is 0 Å². The molecule has 1 aromatic carbocycles. The van der Waals surface area contributed by atoms with Gasteiger partial charge in [-0.25, -0.2) is 4.79 Å². The predicted molar refractivity (Wildman–Crippen MR) is 126 cm³/mol. The van der Waals surface area contributed by atoms with Gasteiger partial charge < -0.3 is 9.16 Å². The van der Waals surface area contributed by atoms with E-state index in [0.717, 1.165) is 44.3 Å². The van der Waals surface area contributed by atoms with Crippen LogP contribution in [0, 0.1) is 0 Å². The molecule has 1 aromatic rings. The largest absolute Gasteiger partial charge is 0.466 e. The molecule has 166 valence electrons. The van der Waals surface area contributed by atoms with E-state index in [-0.39, 0.29) is 17.0 Å². The fourth-order valence-electron chi connectivity index (χ4n) is 4.49. The van der Waals surface area contributed by atoms with Crippen LogP contribution < -0.4 is 0 Å². The van der Waals surface area contributed by atoms with E-state index < -0.39 is 8.32 Å². The smallest absolute Gasteiger partial charge is 0.335 e. The monoisotopic (exact) mass is 429 g/mol. The maximum Gasteiger partial charge on any atom is 0.335 e. The second-order valence-electron chi connectivity index (χ2n) is 10.4. The molecule has 0 aliphatic carbocycles. The van der Waals surface area contributed by atoms with E-state index >= 15 is 0 Å². The zero-order chi connectivity index (χ0) is 22.1. The lowest BCUT2D eigenvalue weighted by molar-refractivity contribution is -0.136. The van der Waals surface area contributed by atoms with Crippen molar-refractivity contribution in [3.63, 3.8) is 0 Å². The molecular weight excluding hydrogens is 390 g/mol. The second kappa shape index (κ2) is 8.97. The maximum atomic E-state index is 12.6. The molecule has 2 aliphatic rings. The van der Waals surface area contributed by atoms with E-state index in [0.29, 0.717) is 6.04 Å². The van der Waals surface area contributed by atoms with Crippen molar-refractivity contribution >= 4 is 19.9 Å². The highest BCUT2D eigenvalue weighted by Crippen LogP contribution is 2.42. The predicted octanol–water partition coefficient (Wildman–Crippen LogP) is 5.43. The van der Waals surface area contributed by atoms with Crippen LogP contribution in [0.15, 0.2) is 29.8 Å². The summed E-state index contributed by atoms with van der Waals surface area (Å²) in [5.41, 5.74) is 4.54. The van der Waals surface area contributed by atoms with Gasteiger partial charge in [-0.3, -0.25) is 4.90 Å². The summed E-state index contributed by atoms with van der Waals surface area (Å²) in [5.74, 6) is -0.172. The van der Waals surface area contributed by atoms with E-state index in [4.69, 9.17) is 9.16 Å². The molecule has 0 spiro atoms. The van der Waals surface area contributed by atoms with Crippen LogP contribution in [0.2, 0.25) is 18.1 Å². The van der Waals surface area contributed by atoms with Crippen molar-refractivity contribution in [3.05, 3.63) is 41.0 Å². The Kier molecular flexibility index (Phi) is 6.95. The minimum Gasteiger partial charge on any atom is -0.466 e. The molecule has 1 saturated heterocycles. The Bertz CT molecular complexity index is 792. The minimum absolute atomic E-state index is 0.172. The Morgan fingerprint density at radius 3 is 2.43 bits per heavy atom. The molecule has 0 amide bonds. The van der Waals surface area contributed by atoms with Gasteiger partial charge in [-0.05, 0) is 74.0 Å². The van der Waals surface area contributed by atoms with E-state index in [1.54, 1.807) is 0 Å². The van der Waals surface area contributed by atoms with Crippen molar-refractivity contribution in [2.24, 2.45) is 0 Å². The maximum absolute atomic E-state index is 12.6. The Morgan fingerprint density at radius 1 is 1.17 bits per heavy atom. The number of aryl methyl sites for hydroxylation is 1. The van der Waals surface area contributed by atoms with Gasteiger partial charge in [0.1, 0.15) is 0 Å². The first-order valence-corrected chi connectivity index (χ1v) is 14.2. The zero-order valence-electron chi connectivity index (χ0n) is 19.9. The van der Waals surface area contributed by atoms with Gasteiger partial charge in [0.25, 0.3) is 0 Å². The highest BCUT2D eigenvalue weighted by molar-refractivity contribution is 6.74. The summed E-state index contributed by atoms with van der Waals surface area (Å²) in [6.45, 7) is 12.3. The fraction of sp³-hybridized carbons (Fsp3) is 0.640. The lowest BCUT2D eigenvalue weighted by Crippen LogP contribution is -2.41. The highest BCUT2D eigenvalue weighted by atomic mass is 28.4. The normalized spacial score (nSPS) is 22.5. The van der Waals surface area contributed by atoms with Crippen molar-refractivity contribution < 1.29 is 14.0 Å². The van der Waals surface area contributed by atoms with Gasteiger partial charge in [0, 0.05) is 18.7 Å². The molecule has 0 N–H and O–H groups in total. The number of carbonyl (C=O) groups excluding carboxylic acids is 1. The number of esters is 1. The number of ether oxygens (including phenoxy) is 1. The molecule has 0 saturated carbocycles. The molecule has 0 radical (unpaired) electrons. The van der Waals surface area contributed by atoms with Gasteiger partial charge in [0.05, 0.1) is 12.7 Å². The number of rotatable bonds is 7. The van der Waals surface area contributed by atoms with Crippen LogP contribution >= 0.6 is 0 Å². The number of hydrogen-bond donors (Lipinski definition) is 0. The Hall–Kier alpha value is -1.43. The number of nitrogens with zero attached hydrogens (tertiary/aromatic N) is 1. The number of hydrogen-bond acceptors (Lipinski definition) is 4. The van der Waals surface area contributed by atoms with Gasteiger partial charge in [-0.15, -0.1) is 0 Å². The minimum atomic E-state index is -1.66. The molecule has 1 unspecified atom stereocenters. The third kappa shape index (κ3) is 4.73. The molecule has 0 aromatic heterocycles. The summed E-state index contributed by atoms with van der Waals surface area (Å²) in [6.07, 6.45) is 5.18. The van der Waals surface area contributed by atoms with Crippen LogP contribution in [0.4, 0.5) is 0 Å². The first-order valence-electron chi connectivity index (χ1n) is 11.3. The van der Waals surface area contributed by atoms with Gasteiger partial charge >= 0.3 is 5.97 Å². The average molecular weight is 430 g/mol. The molecular formula is C25H39NO3Si. The van der Waals surface area contributed by atoms with E-state index in [1.165, 1.54) is 23.8 Å². The molecule has 2 bridgehead atoms. The average Bonchev–Trinajstić information content (AvgIpc) is 2.92. The molecule has 2 aliphatic heterocycles. The molecule has 1 fully saturated rings. The van der Waals surface area contributed by atoms with E-state index in [9.17, 15) is 4.79 Å². The van der Waals surface area contributed by atoms with Crippen LogP contribution in [0.1, 0.15) is 57.6 Å². The van der Waals surface area contributed by atoms with Gasteiger partial charge in [0.2, 0.25) is 0 Å². The van der Waals surface area contributed by atoms with Crippen molar-refractivity contribution in [2.45, 2.75) is 83.1 Å². The summed E-state index contributed by atoms with van der Waals surface area (Å²) >= 11 is 0. The summed E-state index contributed by atoms with van der Waals surface area (Å²) in [4.78, 5) is 14.9. The van der Waals surface area contributed by atoms with Crippen LogP contribution in [-0.2, 0) is 20.4 Å². The molecule has 30 heavy (non-hydrogen) atoms. The lowest BCUT2D eigenvalue weighted by atomic mass is 9.88. The van der Waals surface area contributed by atoms with E-state index in [1.807, 2.05) is 0 Å². The number of likely N-dealkylation sites (N-methyl/N-ethyl adjacent to an activating group) is 1. The second-order valence-corrected chi connectivity index (χ2v) is 15.2. The summed E-state index contributed by atoms with van der Waals surface area (Å²) in [6, 6.07) is 9.53. The molecule has 2 atom stereocenters. The van der Waals surface area contributed by atoms with Crippen LogP contribution in [-0.4, -0.2) is 52.0 Å². The molecule has 3 rings (SSSR count). The van der Waals surface area contributed by atoms with Crippen molar-refractivity contribution in [1.29, 1.82) is 0 Å². The van der Waals surface area contributed by atoms with Crippen LogP contribution in [0.25, 0.3) is 5.57 Å². The third-order valence-electron chi connectivity index (χ3n) is 7.53. The van der Waals surface area contributed by atoms with E-state index in [2.05, 4.69) is 70.1 Å². The summed E-state index contributed by atoms with van der Waals surface area (Å²) in [5, 5.41) is 0.257. The first-order chi connectivity index (χ1) is 14.0. The Morgan fingerprint density at radius 2 is 1.83 bits per heavy atom. The summed E-state index contributed by atoms with van der Waals surface area (Å²) < 4.78 is 11.5. The molecule has 2 heterocycles. The van der Waals surface area contributed by atoms with Gasteiger partial charge in [-0.1, -0.05) is 45.0 Å². The van der Waals surface area contributed by atoms with Crippen molar-refractivity contribution in [1.82, 2.24) is 4.90 Å². The molecule has 4 nitrogen and oxygen atoms in total. The Balaban J connectivity index is 1.66. The lowest BCUT2D eigenvalue weighted by Gasteiger charge is -2.36. The van der Waals surface area contributed by atoms with Gasteiger partial charge in [-0.2, -0.15) is 0 Å². The SMILES string of the molecule is COC(=O)C1=C(c2ccc(CCCO[Si](C)(C)C(C)(C)C)cc2)C[C@@H]2CCC1N2C. The molecule has 5 heteroatoms. The Labute approximate surface area is 183 Å². The zero-order valence-corrected chi connectivity index (χ0v) is 20.9. The third-order valence-corrected chi connectivity index (χ3v) is 12.1. The fourth-order valence-corrected chi connectivity index (χ4v) is 5.58. The van der Waals surface area contributed by atoms with Crippen molar-refractivity contribution in [2.75, 3.05) is 20.8 Å². The number of fused-ring (bicyclic) bond motifs is 2. The van der Waals surface area contributed by atoms with Gasteiger partial charge in [0.15, 0.2) is 8.32 Å². The first kappa shape index (κ1) is 23.2. The van der Waals surface area contributed by atoms with Crippen LogP contribution in [0.3, 0.4) is 0 Å².